The van der Waals surface area contributed by atoms with E-state index in [-0.39, 0.29) is 11.7 Å². The van der Waals surface area contributed by atoms with Crippen LogP contribution in [0.1, 0.15) is 31.7 Å². The van der Waals surface area contributed by atoms with Crippen LogP contribution in [0, 0.1) is 11.8 Å². The van der Waals surface area contributed by atoms with Gasteiger partial charge in [-0.25, -0.2) is 0 Å². The zero-order valence-electron chi connectivity index (χ0n) is 9.88. The first-order valence-electron chi connectivity index (χ1n) is 6.05. The summed E-state index contributed by atoms with van der Waals surface area (Å²) in [4.78, 5) is 12.2. The van der Waals surface area contributed by atoms with Crippen molar-refractivity contribution in [1.82, 2.24) is 0 Å². The van der Waals surface area contributed by atoms with Crippen molar-refractivity contribution >= 4 is 29.0 Å². The van der Waals surface area contributed by atoms with Gasteiger partial charge in [-0.2, -0.15) is 0 Å². The normalized spacial score (nSPS) is 23.9. The number of benzene rings is 1. The number of carbonyl (C=O) groups is 1. The first-order valence-corrected chi connectivity index (χ1v) is 6.80. The molecule has 0 aliphatic heterocycles. The Labute approximate surface area is 112 Å². The summed E-state index contributed by atoms with van der Waals surface area (Å²) in [6.07, 6.45) is 3.70. The smallest absolute Gasteiger partial charge is 0.140 e. The molecule has 1 nitrogen and oxygen atoms in total. The molecule has 3 heteroatoms. The molecule has 0 bridgehead atoms. The van der Waals surface area contributed by atoms with Crippen LogP contribution in [0.4, 0.5) is 0 Å². The number of Topliss-reactive ketones (excluding diaryl/α,β-unsaturated/α-hetero) is 1. The molecule has 2 atom stereocenters. The third kappa shape index (κ3) is 2.83. The van der Waals surface area contributed by atoms with Crippen LogP contribution in [0.5, 0.6) is 0 Å². The number of hydrogen-bond acceptors (Lipinski definition) is 1. The maximum absolute atomic E-state index is 12.2. The molecule has 1 aliphatic carbocycles. The molecule has 0 amide bonds. The van der Waals surface area contributed by atoms with E-state index in [0.29, 0.717) is 22.4 Å². The third-order valence-corrected chi connectivity index (χ3v) is 4.40. The van der Waals surface area contributed by atoms with Crippen molar-refractivity contribution in [3.8, 4) is 0 Å². The molecule has 0 N–H and O–H groups in total. The summed E-state index contributed by atoms with van der Waals surface area (Å²) in [5, 5.41) is 1.19. The van der Waals surface area contributed by atoms with Crippen molar-refractivity contribution in [2.24, 2.45) is 11.8 Å². The zero-order chi connectivity index (χ0) is 12.4. The lowest BCUT2D eigenvalue weighted by Crippen LogP contribution is -2.19. The highest BCUT2D eigenvalue weighted by atomic mass is 35.5. The Kier molecular flexibility index (Phi) is 4.11. The summed E-state index contributed by atoms with van der Waals surface area (Å²) >= 11 is 12.2. The number of ketones is 1. The lowest BCUT2D eigenvalue weighted by Gasteiger charge is -2.14. The summed E-state index contributed by atoms with van der Waals surface area (Å²) in [6, 6.07) is 5.37. The second kappa shape index (κ2) is 5.41. The average Bonchev–Trinajstić information content (AvgIpc) is 2.70. The molecule has 2 unspecified atom stereocenters. The second-order valence-corrected chi connectivity index (χ2v) is 5.67. The summed E-state index contributed by atoms with van der Waals surface area (Å²) in [5.41, 5.74) is 0.778. The first-order chi connectivity index (χ1) is 8.09. The molecule has 0 aromatic heterocycles. The van der Waals surface area contributed by atoms with Crippen molar-refractivity contribution in [1.29, 1.82) is 0 Å². The summed E-state index contributed by atoms with van der Waals surface area (Å²) in [7, 11) is 0. The van der Waals surface area contributed by atoms with E-state index < -0.39 is 0 Å². The van der Waals surface area contributed by atoms with Crippen molar-refractivity contribution in [2.45, 2.75) is 32.6 Å². The van der Waals surface area contributed by atoms with Crippen LogP contribution in [0.3, 0.4) is 0 Å². The largest absolute Gasteiger partial charge is 0.299 e. The molecular weight excluding hydrogens is 255 g/mol. The van der Waals surface area contributed by atoms with Gasteiger partial charge in [0.25, 0.3) is 0 Å². The molecule has 1 saturated carbocycles. The first kappa shape index (κ1) is 12.9. The molecule has 17 heavy (non-hydrogen) atoms. The van der Waals surface area contributed by atoms with Crippen LogP contribution < -0.4 is 0 Å². The van der Waals surface area contributed by atoms with Gasteiger partial charge in [0, 0.05) is 22.4 Å². The standard InChI is InChI=1S/C14H16Cl2O/c1-9-4-2-5-10(9)14(17)8-11-12(15)6-3-7-13(11)16/h3,6-7,9-10H,2,4-5,8H2,1H3. The molecule has 0 radical (unpaired) electrons. The lowest BCUT2D eigenvalue weighted by atomic mass is 9.90. The maximum Gasteiger partial charge on any atom is 0.140 e. The van der Waals surface area contributed by atoms with E-state index in [1.54, 1.807) is 18.2 Å². The fraction of sp³-hybridized carbons (Fsp3) is 0.500. The van der Waals surface area contributed by atoms with Crippen LogP contribution in [-0.2, 0) is 11.2 Å². The van der Waals surface area contributed by atoms with Crippen LogP contribution in [0.25, 0.3) is 0 Å². The summed E-state index contributed by atoms with van der Waals surface area (Å²) in [6.45, 7) is 2.16. The van der Waals surface area contributed by atoms with Crippen molar-refractivity contribution in [3.05, 3.63) is 33.8 Å². The fourth-order valence-electron chi connectivity index (χ4n) is 2.63. The molecule has 1 aliphatic rings. The van der Waals surface area contributed by atoms with Crippen LogP contribution in [0.2, 0.25) is 10.0 Å². The Bertz CT molecular complexity index is 408. The van der Waals surface area contributed by atoms with Gasteiger partial charge in [0.05, 0.1) is 0 Å². The number of hydrogen-bond donors (Lipinski definition) is 0. The van der Waals surface area contributed by atoms with Gasteiger partial charge in [-0.15, -0.1) is 0 Å². The minimum atomic E-state index is 0.197. The van der Waals surface area contributed by atoms with Crippen molar-refractivity contribution in [2.75, 3.05) is 0 Å². The molecule has 2 rings (SSSR count). The molecule has 1 aromatic carbocycles. The van der Waals surface area contributed by atoms with E-state index in [4.69, 9.17) is 23.2 Å². The predicted octanol–water partition coefficient (Wildman–Crippen LogP) is 4.54. The lowest BCUT2D eigenvalue weighted by molar-refractivity contribution is -0.123. The van der Waals surface area contributed by atoms with Crippen LogP contribution >= 0.6 is 23.2 Å². The van der Waals surface area contributed by atoms with Gasteiger partial charge >= 0.3 is 0 Å². The Morgan fingerprint density at radius 3 is 2.47 bits per heavy atom. The number of carbonyl (C=O) groups excluding carboxylic acids is 1. The Hall–Kier alpha value is -0.530. The fourth-order valence-corrected chi connectivity index (χ4v) is 3.16. The molecule has 1 aromatic rings. The highest BCUT2D eigenvalue weighted by Crippen LogP contribution is 2.34. The maximum atomic E-state index is 12.2. The average molecular weight is 271 g/mol. The van der Waals surface area contributed by atoms with Crippen LogP contribution in [0.15, 0.2) is 18.2 Å². The minimum absolute atomic E-state index is 0.197. The number of rotatable bonds is 3. The van der Waals surface area contributed by atoms with Crippen molar-refractivity contribution in [3.63, 3.8) is 0 Å². The quantitative estimate of drug-likeness (QED) is 0.788. The van der Waals surface area contributed by atoms with Gasteiger partial charge in [-0.05, 0) is 36.5 Å². The Morgan fingerprint density at radius 2 is 1.94 bits per heavy atom. The highest BCUT2D eigenvalue weighted by Gasteiger charge is 2.29. The molecule has 0 spiro atoms. The predicted molar refractivity (Wildman–Crippen MR) is 71.7 cm³/mol. The molecule has 0 saturated heterocycles. The van der Waals surface area contributed by atoms with Gasteiger partial charge in [0.1, 0.15) is 5.78 Å². The van der Waals surface area contributed by atoms with E-state index >= 15 is 0 Å². The SMILES string of the molecule is CC1CCCC1C(=O)Cc1c(Cl)cccc1Cl. The molecule has 0 heterocycles. The molecule has 1 fully saturated rings. The summed E-state index contributed by atoms with van der Waals surface area (Å²) < 4.78 is 0. The monoisotopic (exact) mass is 270 g/mol. The van der Waals surface area contributed by atoms with E-state index in [2.05, 4.69) is 6.92 Å². The van der Waals surface area contributed by atoms with Gasteiger partial charge in [-0.3, -0.25) is 4.79 Å². The van der Waals surface area contributed by atoms with Gasteiger partial charge in [0.15, 0.2) is 0 Å². The van der Waals surface area contributed by atoms with Gasteiger partial charge in [0.2, 0.25) is 0 Å². The van der Waals surface area contributed by atoms with Crippen molar-refractivity contribution < 1.29 is 4.79 Å². The van der Waals surface area contributed by atoms with E-state index in [0.717, 1.165) is 24.8 Å². The number of halogens is 2. The topological polar surface area (TPSA) is 17.1 Å². The minimum Gasteiger partial charge on any atom is -0.299 e. The summed E-state index contributed by atoms with van der Waals surface area (Å²) in [5.74, 6) is 0.983. The molecule has 92 valence electrons. The van der Waals surface area contributed by atoms with E-state index in [1.165, 1.54) is 0 Å². The van der Waals surface area contributed by atoms with E-state index in [9.17, 15) is 4.79 Å². The second-order valence-electron chi connectivity index (χ2n) is 4.86. The highest BCUT2D eigenvalue weighted by molar-refractivity contribution is 6.36. The van der Waals surface area contributed by atoms with E-state index in [1.807, 2.05) is 0 Å². The van der Waals surface area contributed by atoms with Crippen LogP contribution in [-0.4, -0.2) is 5.78 Å². The Balaban J connectivity index is 2.13. The third-order valence-electron chi connectivity index (χ3n) is 3.69. The van der Waals surface area contributed by atoms with Gasteiger partial charge < -0.3 is 0 Å². The zero-order valence-corrected chi connectivity index (χ0v) is 11.4. The Morgan fingerprint density at radius 1 is 1.29 bits per heavy atom. The van der Waals surface area contributed by atoms with Gasteiger partial charge in [-0.1, -0.05) is 42.6 Å². The molecular formula is C14H16Cl2O.